The number of hydrogen-bond donors (Lipinski definition) is 1. The average molecular weight is 266 g/mol. The van der Waals surface area contributed by atoms with Crippen molar-refractivity contribution in [2.45, 2.75) is 19.4 Å². The first-order valence-corrected chi connectivity index (χ1v) is 6.68. The van der Waals surface area contributed by atoms with Crippen molar-refractivity contribution in [2.24, 2.45) is 0 Å². The minimum Gasteiger partial charge on any atom is -0.497 e. The molecule has 0 heterocycles. The van der Waals surface area contributed by atoms with Gasteiger partial charge in [0, 0.05) is 6.07 Å². The number of nitrogens with one attached hydrogen (secondary N) is 1. The van der Waals surface area contributed by atoms with Gasteiger partial charge >= 0.3 is 0 Å². The molecule has 0 aromatic heterocycles. The maximum atomic E-state index is 9.21. The fourth-order valence-corrected chi connectivity index (χ4v) is 2.16. The molecule has 0 saturated heterocycles. The van der Waals surface area contributed by atoms with Crippen molar-refractivity contribution in [1.82, 2.24) is 0 Å². The first-order chi connectivity index (χ1) is 9.78. The largest absolute Gasteiger partial charge is 0.497 e. The molecule has 0 saturated carbocycles. The van der Waals surface area contributed by atoms with Crippen LogP contribution in [-0.2, 0) is 0 Å². The van der Waals surface area contributed by atoms with Gasteiger partial charge in [-0.1, -0.05) is 37.3 Å². The summed E-state index contributed by atoms with van der Waals surface area (Å²) in [6.45, 7) is 2.12. The zero-order chi connectivity index (χ0) is 14.4. The van der Waals surface area contributed by atoms with Gasteiger partial charge in [-0.3, -0.25) is 0 Å². The topological polar surface area (TPSA) is 45.0 Å². The van der Waals surface area contributed by atoms with Gasteiger partial charge in [0.2, 0.25) is 0 Å². The van der Waals surface area contributed by atoms with E-state index in [1.165, 1.54) is 5.56 Å². The minimum absolute atomic E-state index is 0.176. The molecule has 0 aliphatic rings. The lowest BCUT2D eigenvalue weighted by Gasteiger charge is -2.20. The first-order valence-electron chi connectivity index (χ1n) is 6.68. The van der Waals surface area contributed by atoms with E-state index in [1.807, 2.05) is 24.3 Å². The van der Waals surface area contributed by atoms with E-state index in [0.717, 1.165) is 17.9 Å². The lowest BCUT2D eigenvalue weighted by atomic mass is 10.0. The molecule has 3 heteroatoms. The van der Waals surface area contributed by atoms with Crippen molar-refractivity contribution in [3.05, 3.63) is 59.7 Å². The zero-order valence-corrected chi connectivity index (χ0v) is 11.8. The molecular weight excluding hydrogens is 248 g/mol. The van der Waals surface area contributed by atoms with Gasteiger partial charge in [0.25, 0.3) is 0 Å². The summed E-state index contributed by atoms with van der Waals surface area (Å²) in [5.74, 6) is 0.745. The molecule has 0 aliphatic carbocycles. The number of rotatable bonds is 5. The van der Waals surface area contributed by atoms with Gasteiger partial charge < -0.3 is 10.1 Å². The van der Waals surface area contributed by atoms with Crippen molar-refractivity contribution >= 4 is 5.69 Å². The normalized spacial score (nSPS) is 11.4. The maximum Gasteiger partial charge on any atom is 0.121 e. The van der Waals surface area contributed by atoms with Gasteiger partial charge in [-0.25, -0.2) is 0 Å². The molecular formula is C17H18N2O. The van der Waals surface area contributed by atoms with Crippen LogP contribution in [0.25, 0.3) is 0 Å². The molecule has 0 spiro atoms. The van der Waals surface area contributed by atoms with Crippen molar-refractivity contribution < 1.29 is 4.74 Å². The highest BCUT2D eigenvalue weighted by Crippen LogP contribution is 2.27. The lowest BCUT2D eigenvalue weighted by Crippen LogP contribution is -2.10. The third kappa shape index (κ3) is 3.10. The summed E-state index contributed by atoms with van der Waals surface area (Å²) in [6, 6.07) is 18.1. The van der Waals surface area contributed by atoms with Gasteiger partial charge in [0.15, 0.2) is 0 Å². The van der Waals surface area contributed by atoms with Crippen LogP contribution in [0.1, 0.15) is 30.5 Å². The summed E-state index contributed by atoms with van der Waals surface area (Å²) in [6.07, 6.45) is 0.937. The Morgan fingerprint density at radius 1 is 1.20 bits per heavy atom. The summed E-state index contributed by atoms with van der Waals surface area (Å²) in [5, 5.41) is 12.6. The van der Waals surface area contributed by atoms with Crippen molar-refractivity contribution in [3.8, 4) is 11.8 Å². The molecule has 0 fully saturated rings. The number of anilines is 1. The van der Waals surface area contributed by atoms with E-state index in [2.05, 4.69) is 30.4 Å². The van der Waals surface area contributed by atoms with Crippen LogP contribution in [0.15, 0.2) is 48.5 Å². The van der Waals surface area contributed by atoms with Gasteiger partial charge in [-0.05, 0) is 24.1 Å². The summed E-state index contributed by atoms with van der Waals surface area (Å²) >= 11 is 0. The molecule has 20 heavy (non-hydrogen) atoms. The SMILES string of the molecule is CCC(Nc1cc(OC)ccc1C#N)c1ccccc1. The van der Waals surface area contributed by atoms with Crippen LogP contribution in [-0.4, -0.2) is 7.11 Å². The van der Waals surface area contributed by atoms with Gasteiger partial charge in [-0.15, -0.1) is 0 Å². The molecule has 102 valence electrons. The Morgan fingerprint density at radius 2 is 1.95 bits per heavy atom. The average Bonchev–Trinajstić information content (AvgIpc) is 2.53. The molecule has 2 rings (SSSR count). The zero-order valence-electron chi connectivity index (χ0n) is 11.8. The van der Waals surface area contributed by atoms with E-state index in [0.29, 0.717) is 5.56 Å². The highest BCUT2D eigenvalue weighted by Gasteiger charge is 2.11. The van der Waals surface area contributed by atoms with E-state index in [9.17, 15) is 5.26 Å². The van der Waals surface area contributed by atoms with Crippen molar-refractivity contribution in [2.75, 3.05) is 12.4 Å². The smallest absolute Gasteiger partial charge is 0.121 e. The highest BCUT2D eigenvalue weighted by molar-refractivity contribution is 5.61. The van der Waals surface area contributed by atoms with Crippen LogP contribution in [0.3, 0.4) is 0 Å². The van der Waals surface area contributed by atoms with E-state index in [-0.39, 0.29) is 6.04 Å². The first kappa shape index (κ1) is 14.0. The number of nitrogens with zero attached hydrogens (tertiary/aromatic N) is 1. The molecule has 0 amide bonds. The predicted molar refractivity (Wildman–Crippen MR) is 80.8 cm³/mol. The summed E-state index contributed by atoms with van der Waals surface area (Å²) in [5.41, 5.74) is 2.64. The van der Waals surface area contributed by atoms with E-state index < -0.39 is 0 Å². The van der Waals surface area contributed by atoms with E-state index in [4.69, 9.17) is 4.74 Å². The number of methoxy groups -OCH3 is 1. The molecule has 2 aromatic rings. The third-order valence-corrected chi connectivity index (χ3v) is 3.29. The quantitative estimate of drug-likeness (QED) is 0.885. The fraction of sp³-hybridized carbons (Fsp3) is 0.235. The van der Waals surface area contributed by atoms with Crippen LogP contribution < -0.4 is 10.1 Å². The molecule has 1 N–H and O–H groups in total. The predicted octanol–water partition coefficient (Wildman–Crippen LogP) is 4.13. The number of ether oxygens (including phenoxy) is 1. The molecule has 2 aromatic carbocycles. The van der Waals surface area contributed by atoms with Crippen molar-refractivity contribution in [3.63, 3.8) is 0 Å². The summed E-state index contributed by atoms with van der Waals surface area (Å²) < 4.78 is 5.23. The van der Waals surface area contributed by atoms with Crippen LogP contribution in [0.5, 0.6) is 5.75 Å². The second kappa shape index (κ2) is 6.63. The van der Waals surface area contributed by atoms with E-state index >= 15 is 0 Å². The van der Waals surface area contributed by atoms with Gasteiger partial charge in [-0.2, -0.15) is 5.26 Å². The van der Waals surface area contributed by atoms with Crippen molar-refractivity contribution in [1.29, 1.82) is 5.26 Å². The lowest BCUT2D eigenvalue weighted by molar-refractivity contribution is 0.415. The molecule has 1 atom stereocenters. The second-order valence-electron chi connectivity index (χ2n) is 4.54. The molecule has 3 nitrogen and oxygen atoms in total. The Morgan fingerprint density at radius 3 is 2.55 bits per heavy atom. The Kier molecular flexibility index (Phi) is 4.62. The molecule has 0 aliphatic heterocycles. The maximum absolute atomic E-state index is 9.21. The van der Waals surface area contributed by atoms with Crippen LogP contribution in [0, 0.1) is 11.3 Å². The Bertz CT molecular complexity index is 602. The summed E-state index contributed by atoms with van der Waals surface area (Å²) in [4.78, 5) is 0. The van der Waals surface area contributed by atoms with E-state index in [1.54, 1.807) is 19.2 Å². The Labute approximate surface area is 119 Å². The molecule has 0 radical (unpaired) electrons. The van der Waals surface area contributed by atoms with Crippen LogP contribution in [0.2, 0.25) is 0 Å². The van der Waals surface area contributed by atoms with Crippen LogP contribution >= 0.6 is 0 Å². The minimum atomic E-state index is 0.176. The summed E-state index contributed by atoms with van der Waals surface area (Å²) in [7, 11) is 1.62. The van der Waals surface area contributed by atoms with Crippen LogP contribution in [0.4, 0.5) is 5.69 Å². The number of hydrogen-bond acceptors (Lipinski definition) is 3. The molecule has 1 unspecified atom stereocenters. The fourth-order valence-electron chi connectivity index (χ4n) is 2.16. The Hall–Kier alpha value is -2.47. The monoisotopic (exact) mass is 266 g/mol. The molecule has 0 bridgehead atoms. The second-order valence-corrected chi connectivity index (χ2v) is 4.54. The highest BCUT2D eigenvalue weighted by atomic mass is 16.5. The van der Waals surface area contributed by atoms with Gasteiger partial charge in [0.05, 0.1) is 24.4 Å². The van der Waals surface area contributed by atoms with Gasteiger partial charge in [0.1, 0.15) is 11.8 Å². The number of benzene rings is 2. The third-order valence-electron chi connectivity index (χ3n) is 3.29. The Balaban J connectivity index is 2.30. The number of nitriles is 1. The standard InChI is InChI=1S/C17H18N2O/c1-3-16(13-7-5-4-6-8-13)19-17-11-15(20-2)10-9-14(17)12-18/h4-11,16,19H,3H2,1-2H3.